The van der Waals surface area contributed by atoms with Crippen molar-refractivity contribution in [3.8, 4) is 5.75 Å². The Bertz CT molecular complexity index is 2380. The number of benzene rings is 5. The molecule has 6 N–H and O–H groups in total. The van der Waals surface area contributed by atoms with Crippen molar-refractivity contribution in [3.05, 3.63) is 78.9 Å². The lowest BCUT2D eigenvalue weighted by molar-refractivity contribution is 0.472. The van der Waals surface area contributed by atoms with Crippen LogP contribution in [0.1, 0.15) is 0 Å². The second kappa shape index (κ2) is 11.0. The molecule has 0 aliphatic rings. The topological polar surface area (TPSA) is 259 Å². The van der Waals surface area contributed by atoms with Crippen molar-refractivity contribution in [2.24, 2.45) is 20.5 Å². The smallest absolute Gasteiger partial charge is 0.296 e. The van der Waals surface area contributed by atoms with E-state index in [4.69, 9.17) is 5.73 Å². The molecule has 18 heteroatoms. The van der Waals surface area contributed by atoms with Crippen LogP contribution in [-0.2, 0) is 30.4 Å². The first-order valence-corrected chi connectivity index (χ1v) is 16.3. The Labute approximate surface area is 249 Å². The van der Waals surface area contributed by atoms with E-state index in [0.29, 0.717) is 11.1 Å². The molecule has 226 valence electrons. The standard InChI is InChI=1S/C26H19N5O10S3/c27-20-13-18-14(10-23(20)43(36,37)38)11-24(44(39,40)41)25(26(18)32)31-30-22-9-8-21(29-28-15-4-2-1-3-5-15)17-7-6-16(12-19(17)22)42(33,34)35/h1-13,32H,27H2,(H,33,34,35)(H,36,37,38)(H,39,40,41). The number of hydrogen-bond donors (Lipinski definition) is 5. The molecule has 0 unspecified atom stereocenters. The van der Waals surface area contributed by atoms with Crippen LogP contribution in [0.4, 0.5) is 28.4 Å². The first-order chi connectivity index (χ1) is 20.5. The van der Waals surface area contributed by atoms with Gasteiger partial charge in [-0.3, -0.25) is 13.7 Å². The Hall–Kier alpha value is -4.85. The molecule has 44 heavy (non-hydrogen) atoms. The van der Waals surface area contributed by atoms with Gasteiger partial charge in [-0.05, 0) is 60.0 Å². The third-order valence-corrected chi connectivity index (χ3v) is 8.89. The van der Waals surface area contributed by atoms with Crippen LogP contribution in [0, 0.1) is 0 Å². The summed E-state index contributed by atoms with van der Waals surface area (Å²) in [5.74, 6) is -0.872. The zero-order valence-electron chi connectivity index (χ0n) is 21.8. The molecule has 0 aliphatic heterocycles. The molecule has 0 spiro atoms. The Morgan fingerprint density at radius 2 is 1.16 bits per heavy atom. The van der Waals surface area contributed by atoms with E-state index in [1.54, 1.807) is 30.3 Å². The maximum atomic E-state index is 12.2. The Morgan fingerprint density at radius 3 is 1.77 bits per heavy atom. The lowest BCUT2D eigenvalue weighted by Gasteiger charge is -2.11. The fourth-order valence-electron chi connectivity index (χ4n) is 4.25. The fraction of sp³-hybridized carbons (Fsp3) is 0. The molecule has 0 heterocycles. The Morgan fingerprint density at radius 1 is 0.568 bits per heavy atom. The summed E-state index contributed by atoms with van der Waals surface area (Å²) in [6.07, 6.45) is 0. The summed E-state index contributed by atoms with van der Waals surface area (Å²) in [6.45, 7) is 0. The second-order valence-electron chi connectivity index (χ2n) is 9.16. The highest BCUT2D eigenvalue weighted by atomic mass is 32.2. The van der Waals surface area contributed by atoms with Gasteiger partial charge in [-0.15, -0.1) is 15.3 Å². The molecule has 0 amide bonds. The lowest BCUT2D eigenvalue weighted by Crippen LogP contribution is -2.04. The SMILES string of the molecule is Nc1cc2c(O)c(N=Nc3ccc(N=Nc4ccccc4)c4ccc(S(=O)(=O)O)cc34)c(S(=O)(=O)O)cc2cc1S(=O)(=O)O. The third-order valence-electron chi connectivity index (χ3n) is 6.26. The number of anilines is 1. The Kier molecular flexibility index (Phi) is 7.66. The van der Waals surface area contributed by atoms with Gasteiger partial charge in [-0.1, -0.05) is 24.3 Å². The third kappa shape index (κ3) is 6.11. The van der Waals surface area contributed by atoms with Crippen LogP contribution >= 0.6 is 0 Å². The summed E-state index contributed by atoms with van der Waals surface area (Å²) in [4.78, 5) is -2.25. The second-order valence-corrected chi connectivity index (χ2v) is 13.4. The predicted molar refractivity (Wildman–Crippen MR) is 158 cm³/mol. The largest absolute Gasteiger partial charge is 0.505 e. The zero-order chi connectivity index (χ0) is 32.0. The maximum absolute atomic E-state index is 12.2. The number of nitrogens with zero attached hydrogens (tertiary/aromatic N) is 4. The Balaban J connectivity index is 1.72. The van der Waals surface area contributed by atoms with Gasteiger partial charge in [0.2, 0.25) is 0 Å². The minimum absolute atomic E-state index is 0.0732. The van der Waals surface area contributed by atoms with Crippen LogP contribution in [0.2, 0.25) is 0 Å². The van der Waals surface area contributed by atoms with Crippen LogP contribution in [0.3, 0.4) is 0 Å². The normalized spacial score (nSPS) is 13.0. The number of nitrogens with two attached hydrogens (primary N) is 1. The van der Waals surface area contributed by atoms with Crippen LogP contribution in [0.25, 0.3) is 21.5 Å². The molecule has 0 saturated carbocycles. The highest BCUT2D eigenvalue weighted by Crippen LogP contribution is 2.44. The van der Waals surface area contributed by atoms with Gasteiger partial charge in [-0.2, -0.15) is 30.4 Å². The van der Waals surface area contributed by atoms with E-state index in [2.05, 4.69) is 20.5 Å². The number of phenolic OH excluding ortho intramolecular Hbond substituents is 1. The van der Waals surface area contributed by atoms with Gasteiger partial charge < -0.3 is 10.8 Å². The maximum Gasteiger partial charge on any atom is 0.296 e. The number of rotatable bonds is 7. The fourth-order valence-corrected chi connectivity index (χ4v) is 6.05. The molecule has 15 nitrogen and oxygen atoms in total. The van der Waals surface area contributed by atoms with Gasteiger partial charge in [0.05, 0.1) is 27.6 Å². The average Bonchev–Trinajstić information content (AvgIpc) is 2.94. The van der Waals surface area contributed by atoms with E-state index in [9.17, 15) is 44.0 Å². The average molecular weight is 658 g/mol. The van der Waals surface area contributed by atoms with Gasteiger partial charge in [0.15, 0.2) is 5.75 Å². The van der Waals surface area contributed by atoms with Gasteiger partial charge in [-0.25, -0.2) is 0 Å². The van der Waals surface area contributed by atoms with Crippen LogP contribution in [-0.4, -0.2) is 44.0 Å². The van der Waals surface area contributed by atoms with Crippen molar-refractivity contribution < 1.29 is 44.0 Å². The molecule has 5 rings (SSSR count). The summed E-state index contributed by atoms with van der Waals surface area (Å²) in [7, 11) is -14.6. The molecule has 5 aromatic rings. The minimum Gasteiger partial charge on any atom is -0.505 e. The van der Waals surface area contributed by atoms with E-state index in [1.807, 2.05) is 0 Å². The molecule has 5 aromatic carbocycles. The number of hydrogen-bond acceptors (Lipinski definition) is 12. The molecule has 0 saturated heterocycles. The predicted octanol–water partition coefficient (Wildman–Crippen LogP) is 5.85. The number of phenols is 1. The van der Waals surface area contributed by atoms with Gasteiger partial charge >= 0.3 is 0 Å². The summed E-state index contributed by atoms with van der Waals surface area (Å²) in [5.41, 5.74) is 5.16. The van der Waals surface area contributed by atoms with Crippen LogP contribution in [0.5, 0.6) is 5.75 Å². The highest BCUT2D eigenvalue weighted by molar-refractivity contribution is 7.86. The monoisotopic (exact) mass is 657 g/mol. The van der Waals surface area contributed by atoms with E-state index in [1.165, 1.54) is 18.2 Å². The van der Waals surface area contributed by atoms with E-state index < -0.39 is 62.2 Å². The van der Waals surface area contributed by atoms with Gasteiger partial charge in [0.1, 0.15) is 15.5 Å². The van der Waals surface area contributed by atoms with Crippen molar-refractivity contribution in [1.29, 1.82) is 0 Å². The number of azo groups is 2. The van der Waals surface area contributed by atoms with Crippen molar-refractivity contribution in [2.45, 2.75) is 14.7 Å². The molecule has 0 fully saturated rings. The lowest BCUT2D eigenvalue weighted by atomic mass is 10.1. The first kappa shape index (κ1) is 30.6. The number of aromatic hydroxyl groups is 1. The van der Waals surface area contributed by atoms with E-state index >= 15 is 0 Å². The van der Waals surface area contributed by atoms with Crippen LogP contribution < -0.4 is 5.73 Å². The quantitative estimate of drug-likeness (QED) is 0.0787. The van der Waals surface area contributed by atoms with Crippen LogP contribution in [0.15, 0.2) is 114 Å². The molecule has 0 aromatic heterocycles. The number of fused-ring (bicyclic) bond motifs is 2. The minimum atomic E-state index is -5.12. The summed E-state index contributed by atoms with van der Waals surface area (Å²) >= 11 is 0. The zero-order valence-corrected chi connectivity index (χ0v) is 24.3. The van der Waals surface area contributed by atoms with Gasteiger partial charge in [0, 0.05) is 16.2 Å². The molecule has 0 bridgehead atoms. The van der Waals surface area contributed by atoms with Crippen molar-refractivity contribution >= 4 is 80.3 Å². The molecule has 0 radical (unpaired) electrons. The van der Waals surface area contributed by atoms with Crippen molar-refractivity contribution in [2.75, 3.05) is 5.73 Å². The highest BCUT2D eigenvalue weighted by Gasteiger charge is 2.25. The first-order valence-electron chi connectivity index (χ1n) is 12.0. The molecular weight excluding hydrogens is 639 g/mol. The molecular formula is C26H19N5O10S3. The molecule has 0 atom stereocenters. The van der Waals surface area contributed by atoms with E-state index in [0.717, 1.165) is 30.3 Å². The summed E-state index contributed by atoms with van der Waals surface area (Å²) in [5, 5.41) is 27.0. The van der Waals surface area contributed by atoms with E-state index in [-0.39, 0.29) is 27.5 Å². The number of nitrogen functional groups attached to an aromatic ring is 1. The van der Waals surface area contributed by atoms with Gasteiger partial charge in [0.25, 0.3) is 30.4 Å². The summed E-state index contributed by atoms with van der Waals surface area (Å²) in [6, 6.07) is 17.5. The summed E-state index contributed by atoms with van der Waals surface area (Å²) < 4.78 is 100. The van der Waals surface area contributed by atoms with Crippen molar-refractivity contribution in [1.82, 2.24) is 0 Å². The van der Waals surface area contributed by atoms with Crippen molar-refractivity contribution in [3.63, 3.8) is 0 Å². The molecule has 0 aliphatic carbocycles.